The first kappa shape index (κ1) is 20.6. The third kappa shape index (κ3) is 5.91. The van der Waals surface area contributed by atoms with E-state index in [2.05, 4.69) is 34.3 Å². The molecule has 1 saturated heterocycles. The molecule has 0 bridgehead atoms. The Morgan fingerprint density at radius 2 is 1.96 bits per heavy atom. The molecular formula is C17H30N6O2S. The fourth-order valence-corrected chi connectivity index (χ4v) is 3.83. The van der Waals surface area contributed by atoms with Gasteiger partial charge in [-0.25, -0.2) is 0 Å². The smallest absolute Gasteiger partial charge is 0.239 e. The van der Waals surface area contributed by atoms with Gasteiger partial charge in [0.25, 0.3) is 0 Å². The van der Waals surface area contributed by atoms with Crippen molar-refractivity contribution in [3.63, 3.8) is 0 Å². The highest BCUT2D eigenvalue weighted by atomic mass is 32.1. The van der Waals surface area contributed by atoms with Crippen LogP contribution in [-0.2, 0) is 9.59 Å². The third-order valence-electron chi connectivity index (χ3n) is 4.25. The molecule has 8 nitrogen and oxygen atoms in total. The minimum atomic E-state index is -0.0329. The van der Waals surface area contributed by atoms with Crippen LogP contribution in [0, 0.1) is 0 Å². The van der Waals surface area contributed by atoms with E-state index in [1.54, 1.807) is 9.80 Å². The van der Waals surface area contributed by atoms with Gasteiger partial charge in [0.2, 0.25) is 22.1 Å². The van der Waals surface area contributed by atoms with Crippen molar-refractivity contribution in [1.29, 1.82) is 0 Å². The Balaban J connectivity index is 1.76. The largest absolute Gasteiger partial charge is 0.353 e. The zero-order valence-corrected chi connectivity index (χ0v) is 16.8. The predicted molar refractivity (Wildman–Crippen MR) is 105 cm³/mol. The average Bonchev–Trinajstić information content (AvgIpc) is 3.23. The fraction of sp³-hybridized carbons (Fsp3) is 0.765. The number of nitrogens with one attached hydrogen (secondary N) is 1. The Hall–Kier alpha value is -1.74. The molecule has 1 fully saturated rings. The maximum absolute atomic E-state index is 12.2. The van der Waals surface area contributed by atoms with Crippen LogP contribution in [-0.4, -0.2) is 73.2 Å². The topological polar surface area (TPSA) is 81.7 Å². The molecule has 1 aromatic heterocycles. The quantitative estimate of drug-likeness (QED) is 0.622. The molecule has 1 aromatic rings. The first-order valence-electron chi connectivity index (χ1n) is 9.39. The molecule has 1 aliphatic heterocycles. The standard InChI is InChI=1S/C17H30N6O2S/c1-4-9-22(10-5-2)12-8-18-14(24)13-21(3)16-19-20-17(26-16)23-11-6-7-15(23)25/h4-13H2,1-3H3,(H,18,24). The number of anilines is 2. The predicted octanol–water partition coefficient (Wildman–Crippen LogP) is 1.34. The van der Waals surface area contributed by atoms with Gasteiger partial charge in [-0.3, -0.25) is 14.5 Å². The molecule has 2 heterocycles. The van der Waals surface area contributed by atoms with Crippen LogP contribution in [0.3, 0.4) is 0 Å². The monoisotopic (exact) mass is 382 g/mol. The number of hydrogen-bond donors (Lipinski definition) is 1. The lowest BCUT2D eigenvalue weighted by atomic mass is 10.3. The maximum atomic E-state index is 12.2. The second kappa shape index (κ2) is 10.4. The van der Waals surface area contributed by atoms with E-state index in [0.29, 0.717) is 29.8 Å². The molecule has 0 radical (unpaired) electrons. The number of rotatable bonds is 11. The molecule has 146 valence electrons. The van der Waals surface area contributed by atoms with Gasteiger partial charge in [0.05, 0.1) is 6.54 Å². The summed E-state index contributed by atoms with van der Waals surface area (Å²) in [5.74, 6) is 0.0613. The zero-order chi connectivity index (χ0) is 18.9. The van der Waals surface area contributed by atoms with Crippen LogP contribution < -0.4 is 15.1 Å². The van der Waals surface area contributed by atoms with E-state index in [9.17, 15) is 9.59 Å². The first-order valence-corrected chi connectivity index (χ1v) is 10.2. The van der Waals surface area contributed by atoms with Gasteiger partial charge in [0.15, 0.2) is 0 Å². The number of carbonyl (C=O) groups is 2. The molecule has 0 spiro atoms. The molecule has 26 heavy (non-hydrogen) atoms. The van der Waals surface area contributed by atoms with E-state index in [1.807, 2.05) is 7.05 Å². The van der Waals surface area contributed by atoms with Gasteiger partial charge in [-0.15, -0.1) is 10.2 Å². The summed E-state index contributed by atoms with van der Waals surface area (Å²) in [6.45, 7) is 8.91. The summed E-state index contributed by atoms with van der Waals surface area (Å²) in [4.78, 5) is 29.8. The lowest BCUT2D eigenvalue weighted by molar-refractivity contribution is -0.120. The van der Waals surface area contributed by atoms with Crippen molar-refractivity contribution < 1.29 is 9.59 Å². The second-order valence-electron chi connectivity index (χ2n) is 6.56. The van der Waals surface area contributed by atoms with E-state index in [-0.39, 0.29) is 18.4 Å². The lowest BCUT2D eigenvalue weighted by Gasteiger charge is -2.21. The number of amides is 2. The van der Waals surface area contributed by atoms with Crippen LogP contribution in [0.2, 0.25) is 0 Å². The highest BCUT2D eigenvalue weighted by Gasteiger charge is 2.25. The summed E-state index contributed by atoms with van der Waals surface area (Å²) in [6, 6.07) is 0. The van der Waals surface area contributed by atoms with Crippen molar-refractivity contribution in [2.75, 3.05) is 56.1 Å². The van der Waals surface area contributed by atoms with E-state index >= 15 is 0 Å². The Labute approximate surface area is 159 Å². The van der Waals surface area contributed by atoms with E-state index in [4.69, 9.17) is 0 Å². The van der Waals surface area contributed by atoms with Gasteiger partial charge in [0.1, 0.15) is 0 Å². The molecular weight excluding hydrogens is 352 g/mol. The second-order valence-corrected chi connectivity index (χ2v) is 7.50. The number of nitrogens with zero attached hydrogens (tertiary/aromatic N) is 5. The average molecular weight is 383 g/mol. The van der Waals surface area contributed by atoms with Gasteiger partial charge >= 0.3 is 0 Å². The van der Waals surface area contributed by atoms with Crippen molar-refractivity contribution in [1.82, 2.24) is 20.4 Å². The number of aromatic nitrogens is 2. The van der Waals surface area contributed by atoms with Crippen LogP contribution >= 0.6 is 11.3 Å². The van der Waals surface area contributed by atoms with Crippen LogP contribution in [0.15, 0.2) is 0 Å². The summed E-state index contributed by atoms with van der Waals surface area (Å²) in [5, 5.41) is 12.4. The molecule has 9 heteroatoms. The van der Waals surface area contributed by atoms with Crippen molar-refractivity contribution >= 4 is 33.4 Å². The Bertz CT molecular complexity index is 588. The lowest BCUT2D eigenvalue weighted by Crippen LogP contribution is -2.40. The van der Waals surface area contributed by atoms with Gasteiger partial charge in [-0.2, -0.15) is 0 Å². The van der Waals surface area contributed by atoms with E-state index in [0.717, 1.165) is 38.9 Å². The Morgan fingerprint density at radius 1 is 1.23 bits per heavy atom. The zero-order valence-electron chi connectivity index (χ0n) is 16.0. The van der Waals surface area contributed by atoms with Crippen LogP contribution in [0.4, 0.5) is 10.3 Å². The molecule has 1 aliphatic rings. The summed E-state index contributed by atoms with van der Waals surface area (Å²) in [7, 11) is 1.82. The number of carbonyl (C=O) groups excluding carboxylic acids is 2. The molecule has 0 unspecified atom stereocenters. The molecule has 2 rings (SSSR count). The minimum Gasteiger partial charge on any atom is -0.353 e. The molecule has 0 saturated carbocycles. The Morgan fingerprint density at radius 3 is 2.58 bits per heavy atom. The first-order chi connectivity index (χ1) is 12.5. The van der Waals surface area contributed by atoms with Crippen LogP contribution in [0.5, 0.6) is 0 Å². The number of hydrogen-bond acceptors (Lipinski definition) is 7. The molecule has 0 atom stereocenters. The summed E-state index contributed by atoms with van der Waals surface area (Å²) < 4.78 is 0. The van der Waals surface area contributed by atoms with Gasteiger partial charge in [0, 0.05) is 33.1 Å². The molecule has 0 aliphatic carbocycles. The van der Waals surface area contributed by atoms with Crippen molar-refractivity contribution in [3.05, 3.63) is 0 Å². The van der Waals surface area contributed by atoms with Gasteiger partial charge < -0.3 is 15.1 Å². The highest BCUT2D eigenvalue weighted by molar-refractivity contribution is 7.19. The van der Waals surface area contributed by atoms with Crippen molar-refractivity contribution in [3.8, 4) is 0 Å². The number of likely N-dealkylation sites (N-methyl/N-ethyl adjacent to an activating group) is 1. The maximum Gasteiger partial charge on any atom is 0.239 e. The van der Waals surface area contributed by atoms with Crippen molar-refractivity contribution in [2.45, 2.75) is 39.5 Å². The highest BCUT2D eigenvalue weighted by Crippen LogP contribution is 2.29. The van der Waals surface area contributed by atoms with Crippen LogP contribution in [0.1, 0.15) is 39.5 Å². The fourth-order valence-electron chi connectivity index (χ4n) is 2.98. The molecule has 2 amide bonds. The summed E-state index contributed by atoms with van der Waals surface area (Å²) >= 11 is 1.35. The summed E-state index contributed by atoms with van der Waals surface area (Å²) in [5.41, 5.74) is 0. The summed E-state index contributed by atoms with van der Waals surface area (Å²) in [6.07, 6.45) is 3.67. The Kier molecular flexibility index (Phi) is 8.24. The molecule has 1 N–H and O–H groups in total. The van der Waals surface area contributed by atoms with Gasteiger partial charge in [-0.05, 0) is 32.4 Å². The van der Waals surface area contributed by atoms with E-state index in [1.165, 1.54) is 11.3 Å². The minimum absolute atomic E-state index is 0.0329. The van der Waals surface area contributed by atoms with Crippen LogP contribution in [0.25, 0.3) is 0 Å². The SMILES string of the molecule is CCCN(CCC)CCNC(=O)CN(C)c1nnc(N2CCCC2=O)s1. The van der Waals surface area contributed by atoms with Crippen molar-refractivity contribution in [2.24, 2.45) is 0 Å². The van der Waals surface area contributed by atoms with E-state index < -0.39 is 0 Å². The van der Waals surface area contributed by atoms with Gasteiger partial charge in [-0.1, -0.05) is 25.2 Å². The normalized spacial score (nSPS) is 14.3. The molecule has 0 aromatic carbocycles. The third-order valence-corrected chi connectivity index (χ3v) is 5.31.